The van der Waals surface area contributed by atoms with Gasteiger partial charge in [0.15, 0.2) is 0 Å². The molecule has 7 nitrogen and oxygen atoms in total. The van der Waals surface area contributed by atoms with Crippen LogP contribution in [0.4, 0.5) is 11.4 Å². The number of nitrogen functional groups attached to an aromatic ring is 1. The molecule has 0 saturated carbocycles. The van der Waals surface area contributed by atoms with Gasteiger partial charge in [-0.3, -0.25) is 9.69 Å². The molecule has 0 atom stereocenters. The van der Waals surface area contributed by atoms with Crippen LogP contribution < -0.4 is 11.1 Å². The molecule has 0 aromatic heterocycles. The van der Waals surface area contributed by atoms with Crippen molar-refractivity contribution in [1.29, 1.82) is 5.26 Å². The maximum atomic E-state index is 12.3. The van der Waals surface area contributed by atoms with Crippen LogP contribution in [0.25, 0.3) is 0 Å². The van der Waals surface area contributed by atoms with Crippen molar-refractivity contribution >= 4 is 28.9 Å². The van der Waals surface area contributed by atoms with E-state index in [1.54, 1.807) is 18.3 Å². The molecular weight excluding hydrogens is 330 g/mol. The summed E-state index contributed by atoms with van der Waals surface area (Å²) in [4.78, 5) is 16.3. The molecule has 1 aromatic rings. The van der Waals surface area contributed by atoms with Crippen LogP contribution in [0.3, 0.4) is 0 Å². The third-order valence-electron chi connectivity index (χ3n) is 3.74. The Morgan fingerprint density at radius 2 is 2.12 bits per heavy atom. The predicted molar refractivity (Wildman–Crippen MR) is 93.3 cm³/mol. The van der Waals surface area contributed by atoms with E-state index in [1.807, 2.05) is 11.0 Å². The van der Waals surface area contributed by atoms with Gasteiger partial charge in [0.2, 0.25) is 0 Å². The van der Waals surface area contributed by atoms with Crippen LogP contribution in [-0.4, -0.2) is 60.1 Å². The van der Waals surface area contributed by atoms with E-state index in [2.05, 4.69) is 10.2 Å². The standard InChI is InChI=1S/C16H20ClN5O2/c17-14-9-13(19)1-2-15(14)20-16(24)12(10-18)11-22-5-3-21(4-6-22)7-8-23/h1-2,9,11,23H,3-8,19H2,(H,20,24)/b12-11-. The van der Waals surface area contributed by atoms with Crippen molar-refractivity contribution in [1.82, 2.24) is 9.80 Å². The van der Waals surface area contributed by atoms with Crippen LogP contribution >= 0.6 is 11.6 Å². The van der Waals surface area contributed by atoms with Crippen molar-refractivity contribution in [2.75, 3.05) is 50.4 Å². The van der Waals surface area contributed by atoms with E-state index in [0.717, 1.165) is 13.1 Å². The number of aliphatic hydroxyl groups excluding tert-OH is 1. The number of aliphatic hydroxyl groups is 1. The lowest BCUT2D eigenvalue weighted by molar-refractivity contribution is -0.112. The average molecular weight is 350 g/mol. The normalized spacial score (nSPS) is 15.9. The van der Waals surface area contributed by atoms with Gasteiger partial charge >= 0.3 is 0 Å². The highest BCUT2D eigenvalue weighted by Crippen LogP contribution is 2.24. The Labute approximate surface area is 145 Å². The summed E-state index contributed by atoms with van der Waals surface area (Å²) in [7, 11) is 0. The number of nitrogens with one attached hydrogen (secondary N) is 1. The molecule has 0 radical (unpaired) electrons. The summed E-state index contributed by atoms with van der Waals surface area (Å²) in [6.45, 7) is 3.72. The maximum absolute atomic E-state index is 12.3. The first-order valence-electron chi connectivity index (χ1n) is 7.59. The summed E-state index contributed by atoms with van der Waals surface area (Å²) in [5.74, 6) is -0.512. The summed E-state index contributed by atoms with van der Waals surface area (Å²) in [5.41, 5.74) is 6.53. The molecule has 128 valence electrons. The number of β-amino-alcohol motifs (C(OH)–C–C–N with tert-alkyl or cyclic N) is 1. The molecule has 1 amide bonds. The quantitative estimate of drug-likeness (QED) is 0.414. The number of halogens is 1. The number of carbonyl (C=O) groups excluding carboxylic acids is 1. The van der Waals surface area contributed by atoms with Crippen LogP contribution in [0.5, 0.6) is 0 Å². The van der Waals surface area contributed by atoms with E-state index >= 15 is 0 Å². The van der Waals surface area contributed by atoms with Crippen molar-refractivity contribution in [3.05, 3.63) is 35.0 Å². The highest BCUT2D eigenvalue weighted by molar-refractivity contribution is 6.34. The first kappa shape index (κ1) is 18.1. The third kappa shape index (κ3) is 4.86. The van der Waals surface area contributed by atoms with Gasteiger partial charge in [-0.1, -0.05) is 11.6 Å². The van der Waals surface area contributed by atoms with Crippen molar-refractivity contribution in [2.24, 2.45) is 0 Å². The van der Waals surface area contributed by atoms with Crippen LogP contribution in [0.1, 0.15) is 0 Å². The predicted octanol–water partition coefficient (Wildman–Crippen LogP) is 0.878. The van der Waals surface area contributed by atoms with E-state index < -0.39 is 5.91 Å². The molecule has 4 N–H and O–H groups in total. The van der Waals surface area contributed by atoms with Gasteiger partial charge < -0.3 is 21.1 Å². The highest BCUT2D eigenvalue weighted by Gasteiger charge is 2.17. The zero-order chi connectivity index (χ0) is 17.5. The second kappa shape index (κ2) is 8.55. The molecule has 1 heterocycles. The van der Waals surface area contributed by atoms with Gasteiger partial charge in [-0.15, -0.1) is 0 Å². The molecule has 0 unspecified atom stereocenters. The highest BCUT2D eigenvalue weighted by atomic mass is 35.5. The fourth-order valence-electron chi connectivity index (χ4n) is 2.40. The Hall–Kier alpha value is -2.27. The van der Waals surface area contributed by atoms with Gasteiger partial charge in [0.1, 0.15) is 11.6 Å². The van der Waals surface area contributed by atoms with Crippen molar-refractivity contribution < 1.29 is 9.90 Å². The molecule has 24 heavy (non-hydrogen) atoms. The number of nitrogens with two attached hydrogens (primary N) is 1. The van der Waals surface area contributed by atoms with Crippen molar-refractivity contribution in [3.63, 3.8) is 0 Å². The molecule has 1 aromatic carbocycles. The second-order valence-corrected chi connectivity index (χ2v) is 5.86. The fraction of sp³-hybridized carbons (Fsp3) is 0.375. The summed E-state index contributed by atoms with van der Waals surface area (Å²) in [6.07, 6.45) is 1.57. The smallest absolute Gasteiger partial charge is 0.267 e. The number of hydrogen-bond donors (Lipinski definition) is 3. The third-order valence-corrected chi connectivity index (χ3v) is 4.05. The number of rotatable bonds is 5. The summed E-state index contributed by atoms with van der Waals surface area (Å²) < 4.78 is 0. The Morgan fingerprint density at radius 1 is 1.42 bits per heavy atom. The topological polar surface area (TPSA) is 106 Å². The van der Waals surface area contributed by atoms with Gasteiger partial charge in [-0.25, -0.2) is 0 Å². The second-order valence-electron chi connectivity index (χ2n) is 5.45. The molecule has 1 saturated heterocycles. The first-order valence-corrected chi connectivity index (χ1v) is 7.97. The minimum Gasteiger partial charge on any atom is -0.399 e. The Bertz CT molecular complexity index is 663. The van der Waals surface area contributed by atoms with Crippen LogP contribution in [0.15, 0.2) is 30.0 Å². The summed E-state index contributed by atoms with van der Waals surface area (Å²) in [6, 6.07) is 6.68. The summed E-state index contributed by atoms with van der Waals surface area (Å²) in [5, 5.41) is 21.1. The van der Waals surface area contributed by atoms with Gasteiger partial charge in [-0.2, -0.15) is 5.26 Å². The Balaban J connectivity index is 2.00. The molecule has 0 bridgehead atoms. The SMILES string of the molecule is N#C/C(=C/N1CCN(CCO)CC1)C(=O)Nc1ccc(N)cc1Cl. The monoisotopic (exact) mass is 349 g/mol. The van der Waals surface area contributed by atoms with Gasteiger partial charge in [0, 0.05) is 44.6 Å². The van der Waals surface area contributed by atoms with Crippen LogP contribution in [-0.2, 0) is 4.79 Å². The van der Waals surface area contributed by atoms with E-state index in [1.165, 1.54) is 6.07 Å². The molecule has 0 aliphatic carbocycles. The van der Waals surface area contributed by atoms with E-state index in [-0.39, 0.29) is 12.2 Å². The lowest BCUT2D eigenvalue weighted by atomic mass is 10.2. The lowest BCUT2D eigenvalue weighted by Gasteiger charge is -2.33. The number of carbonyl (C=O) groups is 1. The molecule has 0 spiro atoms. The molecular formula is C16H20ClN5O2. The number of nitriles is 1. The van der Waals surface area contributed by atoms with E-state index in [9.17, 15) is 10.1 Å². The Morgan fingerprint density at radius 3 is 2.71 bits per heavy atom. The van der Waals surface area contributed by atoms with E-state index in [0.29, 0.717) is 36.0 Å². The molecule has 1 fully saturated rings. The minimum atomic E-state index is -0.512. The van der Waals surface area contributed by atoms with Crippen molar-refractivity contribution in [2.45, 2.75) is 0 Å². The number of piperazine rings is 1. The molecule has 2 rings (SSSR count). The van der Waals surface area contributed by atoms with Gasteiger partial charge in [-0.05, 0) is 18.2 Å². The van der Waals surface area contributed by atoms with Crippen molar-refractivity contribution in [3.8, 4) is 6.07 Å². The van der Waals surface area contributed by atoms with Gasteiger partial charge in [0.05, 0.1) is 17.3 Å². The zero-order valence-corrected chi connectivity index (χ0v) is 14.0. The number of anilines is 2. The lowest BCUT2D eigenvalue weighted by Crippen LogP contribution is -2.45. The average Bonchev–Trinajstić information content (AvgIpc) is 2.57. The van der Waals surface area contributed by atoms with Gasteiger partial charge in [0.25, 0.3) is 5.91 Å². The largest absolute Gasteiger partial charge is 0.399 e. The molecule has 1 aliphatic rings. The number of benzene rings is 1. The minimum absolute atomic E-state index is 0.0125. The number of amides is 1. The Kier molecular flexibility index (Phi) is 6.44. The zero-order valence-electron chi connectivity index (χ0n) is 13.2. The molecule has 1 aliphatic heterocycles. The van der Waals surface area contributed by atoms with E-state index in [4.69, 9.17) is 22.4 Å². The fourth-order valence-corrected chi connectivity index (χ4v) is 2.64. The maximum Gasteiger partial charge on any atom is 0.267 e. The van der Waals surface area contributed by atoms with Crippen LogP contribution in [0.2, 0.25) is 5.02 Å². The first-order chi connectivity index (χ1) is 11.5. The number of hydrogen-bond acceptors (Lipinski definition) is 6. The summed E-state index contributed by atoms with van der Waals surface area (Å²) >= 11 is 6.03. The number of nitrogens with zero attached hydrogens (tertiary/aromatic N) is 3. The molecule has 8 heteroatoms. The van der Waals surface area contributed by atoms with Crippen LogP contribution in [0, 0.1) is 11.3 Å².